The van der Waals surface area contributed by atoms with E-state index in [1.165, 1.54) is 64.2 Å². The molecule has 2 atom stereocenters. The SMILES string of the molecule is CC/C=C\C/C=C\C/C=C\C/C=C\C/C=C\CCCC(=O)O[C@@H](COC(=O)CCCCCCCCCCCCCCC)COP(=O)([O-])OCC[N+](C)(C)C. The fourth-order valence-electron chi connectivity index (χ4n) is 5.28. The van der Waals surface area contributed by atoms with Gasteiger partial charge in [-0.2, -0.15) is 0 Å². The van der Waals surface area contributed by atoms with Gasteiger partial charge in [0.05, 0.1) is 27.7 Å². The molecule has 9 nitrogen and oxygen atoms in total. The van der Waals surface area contributed by atoms with Gasteiger partial charge in [0.2, 0.25) is 0 Å². The molecule has 0 aromatic carbocycles. The van der Waals surface area contributed by atoms with Gasteiger partial charge in [-0.05, 0) is 51.4 Å². The van der Waals surface area contributed by atoms with Crippen molar-refractivity contribution in [3.05, 3.63) is 60.8 Å². The third kappa shape index (κ3) is 39.4. The summed E-state index contributed by atoms with van der Waals surface area (Å²) in [6.45, 7) is 4.03. The molecule has 0 bridgehead atoms. The molecule has 0 saturated heterocycles. The Kier molecular flexibility index (Phi) is 34.8. The fraction of sp³-hybridized carbons (Fsp3) is 0.727. The van der Waals surface area contributed by atoms with E-state index in [2.05, 4.69) is 68.5 Å². The molecule has 1 unspecified atom stereocenters. The van der Waals surface area contributed by atoms with Crippen LogP contribution in [-0.4, -0.2) is 70.0 Å². The number of esters is 2. The van der Waals surface area contributed by atoms with Crippen molar-refractivity contribution < 1.29 is 42.1 Å². The maximum Gasteiger partial charge on any atom is 0.306 e. The van der Waals surface area contributed by atoms with E-state index < -0.39 is 32.5 Å². The first-order valence-corrected chi connectivity index (χ1v) is 22.5. The molecule has 0 aromatic rings. The summed E-state index contributed by atoms with van der Waals surface area (Å²) >= 11 is 0. The molecule has 0 aliphatic rings. The molecule has 0 aromatic heterocycles. The number of unbranched alkanes of at least 4 members (excludes halogenated alkanes) is 13. The van der Waals surface area contributed by atoms with Crippen LogP contribution < -0.4 is 4.89 Å². The Morgan fingerprint density at radius 2 is 1.06 bits per heavy atom. The van der Waals surface area contributed by atoms with Crippen molar-refractivity contribution in [1.29, 1.82) is 0 Å². The van der Waals surface area contributed by atoms with Gasteiger partial charge in [0.25, 0.3) is 7.82 Å². The summed E-state index contributed by atoms with van der Waals surface area (Å²) in [6.07, 6.45) is 42.5. The highest BCUT2D eigenvalue weighted by atomic mass is 31.2. The van der Waals surface area contributed by atoms with Crippen molar-refractivity contribution >= 4 is 19.8 Å². The lowest BCUT2D eigenvalue weighted by atomic mass is 10.0. The molecule has 0 radical (unpaired) electrons. The van der Waals surface area contributed by atoms with Crippen LogP contribution in [0.1, 0.15) is 155 Å². The number of hydrogen-bond donors (Lipinski definition) is 0. The second-order valence-corrected chi connectivity index (χ2v) is 16.4. The lowest BCUT2D eigenvalue weighted by molar-refractivity contribution is -0.870. The van der Waals surface area contributed by atoms with Gasteiger partial charge in [-0.1, -0.05) is 152 Å². The Balaban J connectivity index is 4.50. The van der Waals surface area contributed by atoms with Gasteiger partial charge >= 0.3 is 11.9 Å². The lowest BCUT2D eigenvalue weighted by Crippen LogP contribution is -2.37. The van der Waals surface area contributed by atoms with E-state index >= 15 is 0 Å². The number of ether oxygens (including phenoxy) is 2. The molecular weight excluding hydrogens is 701 g/mol. The average molecular weight is 780 g/mol. The Hall–Kier alpha value is -2.29. The zero-order valence-corrected chi connectivity index (χ0v) is 35.8. The molecule has 0 N–H and O–H groups in total. The molecule has 0 fully saturated rings. The van der Waals surface area contributed by atoms with Crippen LogP contribution in [0.4, 0.5) is 0 Å². The molecule has 54 heavy (non-hydrogen) atoms. The molecule has 0 heterocycles. The highest BCUT2D eigenvalue weighted by Gasteiger charge is 2.21. The van der Waals surface area contributed by atoms with Crippen molar-refractivity contribution in [1.82, 2.24) is 0 Å². The second-order valence-electron chi connectivity index (χ2n) is 15.0. The van der Waals surface area contributed by atoms with Crippen LogP contribution >= 0.6 is 7.82 Å². The van der Waals surface area contributed by atoms with Crippen LogP contribution in [0.25, 0.3) is 0 Å². The number of quaternary nitrogens is 1. The number of nitrogens with zero attached hydrogens (tertiary/aromatic N) is 1. The molecule has 0 rings (SSSR count). The summed E-state index contributed by atoms with van der Waals surface area (Å²) in [7, 11) is 1.12. The van der Waals surface area contributed by atoms with Crippen molar-refractivity contribution in [3.63, 3.8) is 0 Å². The first-order valence-electron chi connectivity index (χ1n) is 21.0. The third-order valence-electron chi connectivity index (χ3n) is 8.55. The van der Waals surface area contributed by atoms with Gasteiger partial charge in [-0.3, -0.25) is 14.2 Å². The predicted octanol–water partition coefficient (Wildman–Crippen LogP) is 11.1. The second kappa shape index (κ2) is 36.4. The molecular formula is C44H78NO8P. The number of hydrogen-bond acceptors (Lipinski definition) is 8. The number of carbonyl (C=O) groups is 2. The molecule has 0 aliphatic heterocycles. The molecule has 312 valence electrons. The van der Waals surface area contributed by atoms with Crippen LogP contribution in [0, 0.1) is 0 Å². The molecule has 0 spiro atoms. The summed E-state index contributed by atoms with van der Waals surface area (Å²) in [5.74, 6) is -0.905. The quantitative estimate of drug-likeness (QED) is 0.0201. The Bertz CT molecular complexity index is 1110. The third-order valence-corrected chi connectivity index (χ3v) is 9.52. The van der Waals surface area contributed by atoms with Crippen molar-refractivity contribution in [2.75, 3.05) is 47.5 Å². The minimum absolute atomic E-state index is 0.0430. The smallest absolute Gasteiger partial charge is 0.306 e. The zero-order valence-electron chi connectivity index (χ0n) is 34.9. The van der Waals surface area contributed by atoms with Crippen LogP contribution in [0.3, 0.4) is 0 Å². The standard InChI is InChI=1S/C44H78NO8P/c1-6-8-10-12-14-16-18-20-21-22-23-25-27-29-31-33-35-37-44(47)53-42(41-52-54(48,49)51-39-38-45(3,4)5)40-50-43(46)36-34-32-30-28-26-24-19-17-15-13-11-9-7-2/h8,10,14,16,20-21,23,25,29,31,42H,6-7,9,11-13,15,17-19,22,24,26-28,30,32-41H2,1-5H3/b10-8-,16-14-,21-20-,25-23-,31-29-/t42-/m0/s1. The molecule has 0 aliphatic carbocycles. The Morgan fingerprint density at radius 3 is 1.56 bits per heavy atom. The lowest BCUT2D eigenvalue weighted by Gasteiger charge is -2.28. The number of rotatable bonds is 37. The maximum atomic E-state index is 12.6. The number of phosphoric acid groups is 1. The number of likely N-dealkylation sites (N-methyl/N-ethyl adjacent to an activating group) is 1. The fourth-order valence-corrected chi connectivity index (χ4v) is 6.01. The Morgan fingerprint density at radius 1 is 0.593 bits per heavy atom. The summed E-state index contributed by atoms with van der Waals surface area (Å²) in [5.41, 5.74) is 0. The van der Waals surface area contributed by atoms with Crippen molar-refractivity contribution in [3.8, 4) is 0 Å². The van der Waals surface area contributed by atoms with Crippen molar-refractivity contribution in [2.24, 2.45) is 0 Å². The minimum atomic E-state index is -4.64. The Labute approximate surface area is 330 Å². The molecule has 0 saturated carbocycles. The summed E-state index contributed by atoms with van der Waals surface area (Å²) in [6, 6.07) is 0. The topological polar surface area (TPSA) is 111 Å². The van der Waals surface area contributed by atoms with E-state index in [4.69, 9.17) is 18.5 Å². The van der Waals surface area contributed by atoms with Gasteiger partial charge in [0.15, 0.2) is 6.10 Å². The van der Waals surface area contributed by atoms with Crippen LogP contribution in [-0.2, 0) is 32.7 Å². The zero-order chi connectivity index (χ0) is 40.0. The van der Waals surface area contributed by atoms with Gasteiger partial charge in [0, 0.05) is 12.8 Å². The van der Waals surface area contributed by atoms with Gasteiger partial charge in [-0.25, -0.2) is 0 Å². The largest absolute Gasteiger partial charge is 0.756 e. The van der Waals surface area contributed by atoms with Gasteiger partial charge in [0.1, 0.15) is 19.8 Å². The van der Waals surface area contributed by atoms with E-state index in [9.17, 15) is 19.0 Å². The van der Waals surface area contributed by atoms with E-state index in [1.807, 2.05) is 27.2 Å². The van der Waals surface area contributed by atoms with Gasteiger partial charge < -0.3 is 27.9 Å². The van der Waals surface area contributed by atoms with Crippen LogP contribution in [0.15, 0.2) is 60.8 Å². The van der Waals surface area contributed by atoms with Crippen LogP contribution in [0.5, 0.6) is 0 Å². The van der Waals surface area contributed by atoms with Crippen LogP contribution in [0.2, 0.25) is 0 Å². The van der Waals surface area contributed by atoms with E-state index in [0.717, 1.165) is 51.4 Å². The van der Waals surface area contributed by atoms with Gasteiger partial charge in [-0.15, -0.1) is 0 Å². The average Bonchev–Trinajstić information content (AvgIpc) is 3.12. The number of allylic oxidation sites excluding steroid dienone is 10. The number of carbonyl (C=O) groups excluding carboxylic acids is 2. The minimum Gasteiger partial charge on any atom is -0.756 e. The highest BCUT2D eigenvalue weighted by molar-refractivity contribution is 7.45. The predicted molar refractivity (Wildman–Crippen MR) is 222 cm³/mol. The molecule has 10 heteroatoms. The molecule has 0 amide bonds. The van der Waals surface area contributed by atoms with Crippen molar-refractivity contribution in [2.45, 2.75) is 161 Å². The van der Waals surface area contributed by atoms with E-state index in [1.54, 1.807) is 0 Å². The normalized spacial score (nSPS) is 14.3. The first kappa shape index (κ1) is 51.7. The maximum absolute atomic E-state index is 12.6. The summed E-state index contributed by atoms with van der Waals surface area (Å²) in [5, 5.41) is 0. The monoisotopic (exact) mass is 780 g/mol. The van der Waals surface area contributed by atoms with E-state index in [0.29, 0.717) is 23.9 Å². The van der Waals surface area contributed by atoms with E-state index in [-0.39, 0.29) is 26.1 Å². The number of phosphoric ester groups is 1. The highest BCUT2D eigenvalue weighted by Crippen LogP contribution is 2.38. The summed E-state index contributed by atoms with van der Waals surface area (Å²) < 4.78 is 33.8. The summed E-state index contributed by atoms with van der Waals surface area (Å²) in [4.78, 5) is 37.4. The first-order chi connectivity index (χ1) is 26.0.